The second-order valence-corrected chi connectivity index (χ2v) is 7.56. The second kappa shape index (κ2) is 12.1. The van der Waals surface area contributed by atoms with Gasteiger partial charge in [0.1, 0.15) is 30.0 Å². The first-order valence-corrected chi connectivity index (χ1v) is 10.9. The van der Waals surface area contributed by atoms with E-state index in [0.717, 1.165) is 5.75 Å². The molecular weight excluding hydrogens is 407 g/mol. The van der Waals surface area contributed by atoms with Crippen LogP contribution in [0.1, 0.15) is 16.8 Å². The molecule has 0 aromatic heterocycles. The highest BCUT2D eigenvalue weighted by Gasteiger charge is 2.25. The molecule has 2 amide bonds. The van der Waals surface area contributed by atoms with Crippen LogP contribution in [0.15, 0.2) is 48.5 Å². The predicted octanol–water partition coefficient (Wildman–Crippen LogP) is 3.22. The number of halogens is 1. The summed E-state index contributed by atoms with van der Waals surface area (Å²) in [7, 11) is 3.16. The largest absolute Gasteiger partial charge is 0.496 e. The van der Waals surface area contributed by atoms with Crippen LogP contribution in [0.25, 0.3) is 0 Å². The van der Waals surface area contributed by atoms with Gasteiger partial charge in [0.2, 0.25) is 5.91 Å². The summed E-state index contributed by atoms with van der Waals surface area (Å²) in [5, 5.41) is 2.83. The van der Waals surface area contributed by atoms with Gasteiger partial charge in [0.05, 0.1) is 19.2 Å². The summed E-state index contributed by atoms with van der Waals surface area (Å²) in [6.45, 7) is 0.583. The Morgan fingerprint density at radius 3 is 2.53 bits per heavy atom. The molecule has 0 spiro atoms. The molecule has 0 aliphatic rings. The molecule has 2 aromatic carbocycles. The van der Waals surface area contributed by atoms with E-state index in [1.165, 1.54) is 36.3 Å². The van der Waals surface area contributed by atoms with E-state index in [9.17, 15) is 14.0 Å². The monoisotopic (exact) mass is 434 g/mol. The summed E-state index contributed by atoms with van der Waals surface area (Å²) in [5.41, 5.74) is 0.379. The Kier molecular flexibility index (Phi) is 9.47. The molecule has 0 saturated carbocycles. The van der Waals surface area contributed by atoms with Crippen molar-refractivity contribution < 1.29 is 23.5 Å². The zero-order chi connectivity index (χ0) is 21.9. The fourth-order valence-corrected chi connectivity index (χ4v) is 3.24. The molecule has 2 aromatic rings. The second-order valence-electron chi connectivity index (χ2n) is 6.57. The smallest absolute Gasteiger partial charge is 0.255 e. The van der Waals surface area contributed by atoms with Crippen molar-refractivity contribution in [3.63, 3.8) is 0 Å². The Labute approximate surface area is 180 Å². The third kappa shape index (κ3) is 6.95. The van der Waals surface area contributed by atoms with Crippen molar-refractivity contribution in [2.24, 2.45) is 0 Å². The van der Waals surface area contributed by atoms with Crippen LogP contribution in [-0.2, 0) is 4.79 Å². The Morgan fingerprint density at radius 2 is 1.87 bits per heavy atom. The highest BCUT2D eigenvalue weighted by molar-refractivity contribution is 7.98. The molecule has 30 heavy (non-hydrogen) atoms. The molecule has 0 aliphatic carbocycles. The summed E-state index contributed by atoms with van der Waals surface area (Å²) in [4.78, 5) is 27.2. The van der Waals surface area contributed by atoms with Crippen molar-refractivity contribution in [3.8, 4) is 11.5 Å². The average Bonchev–Trinajstić information content (AvgIpc) is 2.77. The van der Waals surface area contributed by atoms with E-state index in [-0.39, 0.29) is 24.2 Å². The first-order chi connectivity index (χ1) is 14.5. The molecule has 162 valence electrons. The fourth-order valence-electron chi connectivity index (χ4n) is 2.77. The lowest BCUT2D eigenvalue weighted by Crippen LogP contribution is -2.48. The molecule has 2 rings (SSSR count). The maximum Gasteiger partial charge on any atom is 0.255 e. The minimum atomic E-state index is -0.661. The number of hydrogen-bond acceptors (Lipinski definition) is 5. The third-order valence-electron chi connectivity index (χ3n) is 4.45. The van der Waals surface area contributed by atoms with E-state index in [0.29, 0.717) is 30.0 Å². The molecular formula is C22H27FN2O4S. The fraction of sp³-hybridized carbons (Fsp3) is 0.364. The normalized spacial score (nSPS) is 11.5. The van der Waals surface area contributed by atoms with Gasteiger partial charge >= 0.3 is 0 Å². The van der Waals surface area contributed by atoms with Crippen molar-refractivity contribution in [2.75, 3.05) is 39.3 Å². The molecule has 0 fully saturated rings. The van der Waals surface area contributed by atoms with Gasteiger partial charge in [-0.3, -0.25) is 9.59 Å². The van der Waals surface area contributed by atoms with Crippen molar-refractivity contribution in [2.45, 2.75) is 12.5 Å². The van der Waals surface area contributed by atoms with Crippen molar-refractivity contribution in [3.05, 3.63) is 59.9 Å². The zero-order valence-corrected chi connectivity index (χ0v) is 18.2. The number of nitrogens with one attached hydrogen (secondary N) is 1. The summed E-state index contributed by atoms with van der Waals surface area (Å²) in [5.74, 6) is 0.811. The highest BCUT2D eigenvalue weighted by Crippen LogP contribution is 2.18. The number of para-hydroxylation sites is 1. The molecule has 1 N–H and O–H groups in total. The van der Waals surface area contributed by atoms with Gasteiger partial charge in [0.25, 0.3) is 5.91 Å². The number of thioether (sulfide) groups is 1. The Bertz CT molecular complexity index is 832. The van der Waals surface area contributed by atoms with Crippen LogP contribution >= 0.6 is 11.8 Å². The van der Waals surface area contributed by atoms with E-state index in [4.69, 9.17) is 9.47 Å². The van der Waals surface area contributed by atoms with Gasteiger partial charge in [-0.25, -0.2) is 4.39 Å². The zero-order valence-electron chi connectivity index (χ0n) is 17.4. The number of methoxy groups -OCH3 is 1. The summed E-state index contributed by atoms with van der Waals surface area (Å²) in [6, 6.07) is 11.9. The molecule has 0 saturated heterocycles. The van der Waals surface area contributed by atoms with Crippen LogP contribution in [0, 0.1) is 5.82 Å². The number of carbonyl (C=O) groups excluding carboxylic acids is 2. The summed E-state index contributed by atoms with van der Waals surface area (Å²) in [6.07, 6.45) is 2.45. The SMILES string of the molecule is COc1ccccc1C(=O)NC(CCSC)C(=O)N(C)CCOc1ccc(F)cc1. The van der Waals surface area contributed by atoms with Gasteiger partial charge in [-0.1, -0.05) is 12.1 Å². The minimum Gasteiger partial charge on any atom is -0.496 e. The van der Waals surface area contributed by atoms with E-state index in [2.05, 4.69) is 5.32 Å². The van der Waals surface area contributed by atoms with E-state index < -0.39 is 6.04 Å². The molecule has 6 nitrogen and oxygen atoms in total. The predicted molar refractivity (Wildman–Crippen MR) is 117 cm³/mol. The molecule has 0 radical (unpaired) electrons. The minimum absolute atomic E-state index is 0.199. The molecule has 0 bridgehead atoms. The summed E-state index contributed by atoms with van der Waals surface area (Å²) < 4.78 is 23.7. The van der Waals surface area contributed by atoms with Gasteiger partial charge < -0.3 is 19.7 Å². The molecule has 8 heteroatoms. The lowest BCUT2D eigenvalue weighted by molar-refractivity contribution is -0.132. The molecule has 1 atom stereocenters. The topological polar surface area (TPSA) is 67.9 Å². The first-order valence-electron chi connectivity index (χ1n) is 9.52. The van der Waals surface area contributed by atoms with Crippen LogP contribution in [0.5, 0.6) is 11.5 Å². The third-order valence-corrected chi connectivity index (χ3v) is 5.09. The number of hydrogen-bond donors (Lipinski definition) is 1. The molecule has 0 heterocycles. The van der Waals surface area contributed by atoms with Crippen molar-refractivity contribution in [1.29, 1.82) is 0 Å². The van der Waals surface area contributed by atoms with Gasteiger partial charge in [-0.15, -0.1) is 0 Å². The van der Waals surface area contributed by atoms with E-state index in [1.54, 1.807) is 43.1 Å². The van der Waals surface area contributed by atoms with Gasteiger partial charge in [-0.2, -0.15) is 11.8 Å². The molecule has 0 aliphatic heterocycles. The number of rotatable bonds is 11. The number of ether oxygens (including phenoxy) is 2. The quantitative estimate of drug-likeness (QED) is 0.588. The average molecular weight is 435 g/mol. The number of likely N-dealkylation sites (N-methyl/N-ethyl adjacent to an activating group) is 1. The number of nitrogens with zero attached hydrogens (tertiary/aromatic N) is 1. The van der Waals surface area contributed by atoms with E-state index in [1.807, 2.05) is 6.26 Å². The van der Waals surface area contributed by atoms with Crippen LogP contribution in [0.2, 0.25) is 0 Å². The lowest BCUT2D eigenvalue weighted by atomic mass is 10.1. The van der Waals surface area contributed by atoms with Crippen molar-refractivity contribution in [1.82, 2.24) is 10.2 Å². The molecule has 1 unspecified atom stereocenters. The van der Waals surface area contributed by atoms with Crippen LogP contribution < -0.4 is 14.8 Å². The van der Waals surface area contributed by atoms with E-state index >= 15 is 0 Å². The number of benzene rings is 2. The van der Waals surface area contributed by atoms with Crippen LogP contribution in [0.4, 0.5) is 4.39 Å². The Hall–Kier alpha value is -2.74. The summed E-state index contributed by atoms with van der Waals surface area (Å²) >= 11 is 1.60. The highest BCUT2D eigenvalue weighted by atomic mass is 32.2. The maximum absolute atomic E-state index is 13.0. The standard InChI is InChI=1S/C22H27FN2O4S/c1-25(13-14-29-17-10-8-16(23)9-11-17)22(27)19(12-15-30-3)24-21(26)18-6-4-5-7-20(18)28-2/h4-11,19H,12-15H2,1-3H3,(H,24,26). The number of amides is 2. The van der Waals surface area contributed by atoms with Gasteiger partial charge in [0, 0.05) is 7.05 Å². The Balaban J connectivity index is 1.97. The first kappa shape index (κ1) is 23.5. The lowest BCUT2D eigenvalue weighted by Gasteiger charge is -2.25. The van der Waals surface area contributed by atoms with Crippen molar-refractivity contribution >= 4 is 23.6 Å². The Morgan fingerprint density at radius 1 is 1.17 bits per heavy atom. The van der Waals surface area contributed by atoms with Crippen LogP contribution in [-0.4, -0.2) is 62.1 Å². The van der Waals surface area contributed by atoms with Gasteiger partial charge in [0.15, 0.2) is 0 Å². The van der Waals surface area contributed by atoms with Crippen LogP contribution in [0.3, 0.4) is 0 Å². The maximum atomic E-state index is 13.0. The van der Waals surface area contributed by atoms with Gasteiger partial charge in [-0.05, 0) is 54.8 Å². The number of carbonyl (C=O) groups is 2.